The van der Waals surface area contributed by atoms with Crippen molar-refractivity contribution in [2.24, 2.45) is 0 Å². The van der Waals surface area contributed by atoms with Gasteiger partial charge in [-0.2, -0.15) is 0 Å². The Hall–Kier alpha value is -7.83. The molecule has 0 amide bonds. The summed E-state index contributed by atoms with van der Waals surface area (Å²) in [6, 6.07) is 66.2. The number of benzene rings is 8. The highest BCUT2D eigenvalue weighted by molar-refractivity contribution is 6.13. The van der Waals surface area contributed by atoms with E-state index in [-0.39, 0.29) is 0 Å². The monoisotopic (exact) mass is 732 g/mol. The fourth-order valence-corrected chi connectivity index (χ4v) is 7.89. The zero-order valence-electron chi connectivity index (χ0n) is 30.6. The van der Waals surface area contributed by atoms with Crippen LogP contribution in [-0.4, -0.2) is 15.0 Å². The Morgan fingerprint density at radius 3 is 1.42 bits per heavy atom. The average molecular weight is 733 g/mol. The number of hydrogen-bond donors (Lipinski definition) is 0. The highest BCUT2D eigenvalue weighted by Crippen LogP contribution is 2.41. The topological polar surface area (TPSA) is 68.2 Å². The fourth-order valence-electron chi connectivity index (χ4n) is 7.89. The van der Waals surface area contributed by atoms with Crippen molar-refractivity contribution in [1.82, 2.24) is 15.0 Å². The van der Waals surface area contributed by atoms with Crippen molar-refractivity contribution >= 4 is 60.9 Å². The summed E-state index contributed by atoms with van der Waals surface area (Å²) in [5.74, 6) is 1.73. The second-order valence-electron chi connectivity index (χ2n) is 14.0. The molecule has 3 aromatic heterocycles. The predicted molar refractivity (Wildman–Crippen MR) is 231 cm³/mol. The van der Waals surface area contributed by atoms with Crippen molar-refractivity contribution < 1.29 is 8.83 Å². The Balaban J connectivity index is 1.02. The molecule has 57 heavy (non-hydrogen) atoms. The Morgan fingerprint density at radius 2 is 0.789 bits per heavy atom. The third kappa shape index (κ3) is 5.70. The summed E-state index contributed by atoms with van der Waals surface area (Å²) in [5.41, 5.74) is 11.3. The third-order valence-electron chi connectivity index (χ3n) is 10.5. The number of hydrogen-bond acceptors (Lipinski definition) is 6. The smallest absolute Gasteiger partial charge is 0.164 e. The largest absolute Gasteiger partial charge is 0.456 e. The Bertz CT molecular complexity index is 3190. The van der Waals surface area contributed by atoms with Crippen molar-refractivity contribution in [3.05, 3.63) is 194 Å². The molecule has 0 radical (unpaired) electrons. The van der Waals surface area contributed by atoms with Gasteiger partial charge in [0.1, 0.15) is 22.3 Å². The summed E-state index contributed by atoms with van der Waals surface area (Å²) in [6.45, 7) is 0. The van der Waals surface area contributed by atoms with Gasteiger partial charge in [-0.1, -0.05) is 127 Å². The number of furan rings is 2. The number of anilines is 3. The van der Waals surface area contributed by atoms with Crippen molar-refractivity contribution in [1.29, 1.82) is 0 Å². The van der Waals surface area contributed by atoms with E-state index in [4.69, 9.17) is 23.8 Å². The van der Waals surface area contributed by atoms with E-state index in [1.54, 1.807) is 0 Å². The number of fused-ring (bicyclic) bond motifs is 6. The lowest BCUT2D eigenvalue weighted by Gasteiger charge is -2.25. The van der Waals surface area contributed by atoms with Gasteiger partial charge in [-0.05, 0) is 77.9 Å². The van der Waals surface area contributed by atoms with E-state index in [0.717, 1.165) is 88.8 Å². The first-order chi connectivity index (χ1) is 28.2. The first-order valence-corrected chi connectivity index (χ1v) is 18.9. The molecule has 11 rings (SSSR count). The van der Waals surface area contributed by atoms with E-state index in [9.17, 15) is 0 Å². The van der Waals surface area contributed by atoms with Crippen LogP contribution < -0.4 is 4.90 Å². The van der Waals surface area contributed by atoms with Gasteiger partial charge >= 0.3 is 0 Å². The molecule has 0 bridgehead atoms. The van der Waals surface area contributed by atoms with Gasteiger partial charge in [0.2, 0.25) is 0 Å². The molecule has 3 heterocycles. The van der Waals surface area contributed by atoms with E-state index in [2.05, 4.69) is 114 Å². The highest BCUT2D eigenvalue weighted by atomic mass is 16.3. The van der Waals surface area contributed by atoms with E-state index < -0.39 is 0 Å². The summed E-state index contributed by atoms with van der Waals surface area (Å²) >= 11 is 0. The second kappa shape index (κ2) is 13.5. The van der Waals surface area contributed by atoms with Crippen LogP contribution in [0.1, 0.15) is 0 Å². The van der Waals surface area contributed by atoms with Gasteiger partial charge < -0.3 is 13.7 Å². The maximum atomic E-state index is 6.59. The molecule has 0 aliphatic carbocycles. The molecule has 0 unspecified atom stereocenters. The summed E-state index contributed by atoms with van der Waals surface area (Å²) in [7, 11) is 0. The molecule has 8 aromatic carbocycles. The first-order valence-electron chi connectivity index (χ1n) is 18.9. The molecule has 0 N–H and O–H groups in total. The third-order valence-corrected chi connectivity index (χ3v) is 10.5. The summed E-state index contributed by atoms with van der Waals surface area (Å²) in [6.07, 6.45) is 0. The number of aromatic nitrogens is 3. The van der Waals surface area contributed by atoms with Gasteiger partial charge in [-0.25, -0.2) is 15.0 Å². The standard InChI is InChI=1S/C51H32N4O2/c1-4-14-34(15-5-1)49-52-50(41-21-12-24-44-47(41)39-20-10-11-23-43(39)56-44)54-51(53-49)42-22-13-25-45-48(42)40-31-28-35(32-46(40)57-45)33-26-29-38(30-27-33)55(36-16-6-2-7-17-36)37-18-8-3-9-19-37/h1-32H. The van der Waals surface area contributed by atoms with E-state index in [1.165, 1.54) is 0 Å². The minimum Gasteiger partial charge on any atom is -0.456 e. The van der Waals surface area contributed by atoms with Gasteiger partial charge in [-0.15, -0.1) is 0 Å². The van der Waals surface area contributed by atoms with Crippen LogP contribution in [0.3, 0.4) is 0 Å². The zero-order valence-corrected chi connectivity index (χ0v) is 30.6. The molecule has 11 aromatic rings. The fraction of sp³-hybridized carbons (Fsp3) is 0. The predicted octanol–water partition coefficient (Wildman–Crippen LogP) is 13.8. The molecule has 0 spiro atoms. The van der Waals surface area contributed by atoms with Crippen LogP contribution in [0, 0.1) is 0 Å². The Morgan fingerprint density at radius 1 is 0.316 bits per heavy atom. The second-order valence-corrected chi connectivity index (χ2v) is 14.0. The average Bonchev–Trinajstić information content (AvgIpc) is 3.86. The summed E-state index contributed by atoms with van der Waals surface area (Å²) < 4.78 is 12.8. The van der Waals surface area contributed by atoms with Crippen molar-refractivity contribution in [2.45, 2.75) is 0 Å². The Labute approximate surface area is 328 Å². The van der Waals surface area contributed by atoms with Crippen molar-refractivity contribution in [2.75, 3.05) is 4.90 Å². The van der Waals surface area contributed by atoms with E-state index in [1.807, 2.05) is 84.9 Å². The molecule has 268 valence electrons. The summed E-state index contributed by atoms with van der Waals surface area (Å²) in [4.78, 5) is 17.6. The van der Waals surface area contributed by atoms with Crippen molar-refractivity contribution in [3.8, 4) is 45.3 Å². The lowest BCUT2D eigenvalue weighted by Crippen LogP contribution is -2.09. The molecule has 0 aliphatic heterocycles. The maximum Gasteiger partial charge on any atom is 0.164 e. The number of rotatable bonds is 7. The molecule has 0 fully saturated rings. The quantitative estimate of drug-likeness (QED) is 0.162. The maximum absolute atomic E-state index is 6.59. The van der Waals surface area contributed by atoms with E-state index >= 15 is 0 Å². The summed E-state index contributed by atoms with van der Waals surface area (Å²) in [5, 5.41) is 3.94. The normalized spacial score (nSPS) is 11.5. The SMILES string of the molecule is c1ccc(-c2nc(-c3cccc4oc5ccccc5c34)nc(-c3cccc4oc5cc(-c6ccc(N(c7ccccc7)c7ccccc7)cc6)ccc5c34)n2)cc1. The molecular formula is C51H32N4O2. The number of para-hydroxylation sites is 3. The van der Waals surface area contributed by atoms with Crippen molar-refractivity contribution in [3.63, 3.8) is 0 Å². The number of nitrogens with zero attached hydrogens (tertiary/aromatic N) is 4. The highest BCUT2D eigenvalue weighted by Gasteiger charge is 2.21. The van der Waals surface area contributed by atoms with E-state index in [0.29, 0.717) is 17.5 Å². The molecule has 0 saturated heterocycles. The van der Waals surface area contributed by atoms with Crippen LogP contribution in [0.4, 0.5) is 17.1 Å². The molecular weight excluding hydrogens is 701 g/mol. The molecule has 0 atom stereocenters. The van der Waals surface area contributed by atoms with Gasteiger partial charge in [-0.3, -0.25) is 0 Å². The van der Waals surface area contributed by atoms with Gasteiger partial charge in [0.25, 0.3) is 0 Å². The minimum atomic E-state index is 0.568. The molecule has 0 saturated carbocycles. The van der Waals surface area contributed by atoms with Gasteiger partial charge in [0, 0.05) is 55.3 Å². The van der Waals surface area contributed by atoms with Crippen LogP contribution in [-0.2, 0) is 0 Å². The molecule has 6 heteroatoms. The lowest BCUT2D eigenvalue weighted by molar-refractivity contribution is 0.668. The van der Waals surface area contributed by atoms with Crippen LogP contribution >= 0.6 is 0 Å². The van der Waals surface area contributed by atoms with Crippen LogP contribution in [0.2, 0.25) is 0 Å². The minimum absolute atomic E-state index is 0.568. The van der Waals surface area contributed by atoms with Crippen LogP contribution in [0.25, 0.3) is 89.2 Å². The molecule has 6 nitrogen and oxygen atoms in total. The van der Waals surface area contributed by atoms with Gasteiger partial charge in [0.05, 0.1) is 0 Å². The van der Waals surface area contributed by atoms with Gasteiger partial charge in [0.15, 0.2) is 17.5 Å². The Kier molecular flexibility index (Phi) is 7.71. The lowest BCUT2D eigenvalue weighted by atomic mass is 10.0. The molecule has 0 aliphatic rings. The van der Waals surface area contributed by atoms with Crippen LogP contribution in [0.15, 0.2) is 203 Å². The zero-order chi connectivity index (χ0) is 37.7. The first kappa shape index (κ1) is 32.6. The van der Waals surface area contributed by atoms with Crippen LogP contribution in [0.5, 0.6) is 0 Å².